The van der Waals surface area contributed by atoms with E-state index in [0.29, 0.717) is 29.1 Å². The molecule has 6 nitrogen and oxygen atoms in total. The lowest BCUT2D eigenvalue weighted by Crippen LogP contribution is -2.46. The zero-order chi connectivity index (χ0) is 19.9. The number of hydrogen-bond donors (Lipinski definition) is 1. The van der Waals surface area contributed by atoms with Crippen molar-refractivity contribution in [3.8, 4) is 0 Å². The molecule has 1 unspecified atom stereocenters. The molecule has 1 aromatic heterocycles. The number of carbonyl (C=O) groups excluding carboxylic acids is 2. The maximum atomic E-state index is 13.2. The molecule has 1 aliphatic carbocycles. The lowest BCUT2D eigenvalue weighted by Gasteiger charge is -2.40. The first kappa shape index (κ1) is 19.5. The Morgan fingerprint density at radius 2 is 1.96 bits per heavy atom. The first-order valence-corrected chi connectivity index (χ1v) is 10.8. The molecule has 3 fully saturated rings. The van der Waals surface area contributed by atoms with Crippen LogP contribution in [0, 0.1) is 25.2 Å². The monoisotopic (exact) mass is 387 g/mol. The van der Waals surface area contributed by atoms with Crippen molar-refractivity contribution in [1.29, 1.82) is 0 Å². The minimum absolute atomic E-state index is 0.0207. The highest BCUT2D eigenvalue weighted by Crippen LogP contribution is 2.41. The second-order valence-electron chi connectivity index (χ2n) is 9.10. The zero-order valence-corrected chi connectivity index (χ0v) is 17.5. The van der Waals surface area contributed by atoms with E-state index in [1.165, 1.54) is 38.8 Å². The average Bonchev–Trinajstić information content (AvgIpc) is 3.30. The molecule has 3 heterocycles. The fourth-order valence-electron chi connectivity index (χ4n) is 5.20. The van der Waals surface area contributed by atoms with Crippen LogP contribution in [0.4, 0.5) is 0 Å². The molecule has 154 valence electrons. The van der Waals surface area contributed by atoms with Gasteiger partial charge in [0, 0.05) is 37.3 Å². The molecule has 0 aromatic carbocycles. The van der Waals surface area contributed by atoms with Gasteiger partial charge in [0.25, 0.3) is 5.91 Å². The van der Waals surface area contributed by atoms with Gasteiger partial charge in [-0.15, -0.1) is 0 Å². The molecule has 1 spiro atoms. The third-order valence-electron chi connectivity index (χ3n) is 6.81. The molecule has 1 amide bonds. The standard InChI is InChI=1S/C22H33N3O3/c1-4-28-21(27)18-15(2)19(23-16(18)3)20(26)25-11-9-22(14-25)8-5-10-24(13-22)12-17-6-7-17/h17,23H,4-14H2,1-3H3. The number of aromatic amines is 1. The number of amides is 1. The number of likely N-dealkylation sites (tertiary alicyclic amines) is 2. The fraction of sp³-hybridized carbons (Fsp3) is 0.727. The highest BCUT2D eigenvalue weighted by Gasteiger charge is 2.44. The lowest BCUT2D eigenvalue weighted by atomic mass is 9.79. The number of ether oxygens (including phenoxy) is 1. The SMILES string of the molecule is CCOC(=O)c1c(C)[nH]c(C(=O)N2CCC3(CCCN(CC4CC4)C3)C2)c1C. The van der Waals surface area contributed by atoms with E-state index >= 15 is 0 Å². The van der Waals surface area contributed by atoms with E-state index in [2.05, 4.69) is 9.88 Å². The van der Waals surface area contributed by atoms with Gasteiger partial charge in [-0.25, -0.2) is 4.79 Å². The third kappa shape index (κ3) is 3.71. The number of hydrogen-bond acceptors (Lipinski definition) is 4. The Labute approximate surface area is 167 Å². The number of rotatable bonds is 5. The van der Waals surface area contributed by atoms with Crippen LogP contribution in [-0.2, 0) is 4.74 Å². The zero-order valence-electron chi connectivity index (χ0n) is 17.5. The number of esters is 1. The summed E-state index contributed by atoms with van der Waals surface area (Å²) in [7, 11) is 0. The molecule has 28 heavy (non-hydrogen) atoms. The Balaban J connectivity index is 1.46. The maximum absolute atomic E-state index is 13.2. The number of nitrogens with zero attached hydrogens (tertiary/aromatic N) is 2. The van der Waals surface area contributed by atoms with Crippen LogP contribution in [0.25, 0.3) is 0 Å². The van der Waals surface area contributed by atoms with Crippen LogP contribution in [0.2, 0.25) is 0 Å². The summed E-state index contributed by atoms with van der Waals surface area (Å²) in [6, 6.07) is 0. The van der Waals surface area contributed by atoms with Crippen molar-refractivity contribution in [3.63, 3.8) is 0 Å². The third-order valence-corrected chi connectivity index (χ3v) is 6.81. The van der Waals surface area contributed by atoms with Gasteiger partial charge in [0.05, 0.1) is 12.2 Å². The number of carbonyl (C=O) groups is 2. The number of aryl methyl sites for hydroxylation is 1. The van der Waals surface area contributed by atoms with E-state index in [0.717, 1.165) is 32.0 Å². The van der Waals surface area contributed by atoms with Gasteiger partial charge in [0.15, 0.2) is 0 Å². The van der Waals surface area contributed by atoms with Crippen LogP contribution in [0.3, 0.4) is 0 Å². The molecule has 4 rings (SSSR count). The smallest absolute Gasteiger partial charge is 0.340 e. The summed E-state index contributed by atoms with van der Waals surface area (Å²) in [5.74, 6) is 0.584. The quantitative estimate of drug-likeness (QED) is 0.789. The van der Waals surface area contributed by atoms with Gasteiger partial charge in [-0.1, -0.05) is 0 Å². The Kier molecular flexibility index (Phi) is 5.25. The fourth-order valence-corrected chi connectivity index (χ4v) is 5.20. The average molecular weight is 388 g/mol. The normalized spacial score (nSPS) is 25.5. The van der Waals surface area contributed by atoms with E-state index in [1.807, 2.05) is 18.7 Å². The van der Waals surface area contributed by atoms with E-state index < -0.39 is 0 Å². The summed E-state index contributed by atoms with van der Waals surface area (Å²) < 4.78 is 5.16. The van der Waals surface area contributed by atoms with Gasteiger partial charge in [-0.3, -0.25) is 4.79 Å². The van der Waals surface area contributed by atoms with Crippen molar-refractivity contribution in [1.82, 2.24) is 14.8 Å². The molecule has 6 heteroatoms. The molecule has 1 aromatic rings. The summed E-state index contributed by atoms with van der Waals surface area (Å²) in [5, 5.41) is 0. The molecule has 1 N–H and O–H groups in total. The summed E-state index contributed by atoms with van der Waals surface area (Å²) in [6.45, 7) is 11.0. The second kappa shape index (κ2) is 7.54. The molecule has 0 radical (unpaired) electrons. The topological polar surface area (TPSA) is 65.6 Å². The van der Waals surface area contributed by atoms with E-state index in [-0.39, 0.29) is 17.3 Å². The van der Waals surface area contributed by atoms with E-state index in [4.69, 9.17) is 4.74 Å². The van der Waals surface area contributed by atoms with Gasteiger partial charge in [-0.2, -0.15) is 0 Å². The van der Waals surface area contributed by atoms with Crippen molar-refractivity contribution >= 4 is 11.9 Å². The first-order chi connectivity index (χ1) is 13.4. The van der Waals surface area contributed by atoms with Crippen molar-refractivity contribution in [2.45, 2.75) is 52.9 Å². The van der Waals surface area contributed by atoms with Crippen molar-refractivity contribution in [2.75, 3.05) is 39.3 Å². The molecule has 1 saturated carbocycles. The number of aromatic nitrogens is 1. The van der Waals surface area contributed by atoms with Crippen molar-refractivity contribution < 1.29 is 14.3 Å². The minimum Gasteiger partial charge on any atom is -0.462 e. The second-order valence-corrected chi connectivity index (χ2v) is 9.10. The summed E-state index contributed by atoms with van der Waals surface area (Å²) in [6.07, 6.45) is 6.32. The molecule has 2 aliphatic heterocycles. The van der Waals surface area contributed by atoms with Crippen LogP contribution in [0.1, 0.15) is 71.1 Å². The van der Waals surface area contributed by atoms with Crippen LogP contribution < -0.4 is 0 Å². The highest BCUT2D eigenvalue weighted by molar-refractivity contribution is 6.00. The van der Waals surface area contributed by atoms with Gasteiger partial charge < -0.3 is 19.5 Å². The molecule has 2 saturated heterocycles. The Morgan fingerprint density at radius 3 is 2.68 bits per heavy atom. The lowest BCUT2D eigenvalue weighted by molar-refractivity contribution is 0.0525. The molecular weight excluding hydrogens is 354 g/mol. The van der Waals surface area contributed by atoms with Gasteiger partial charge in [0.2, 0.25) is 0 Å². The van der Waals surface area contributed by atoms with Gasteiger partial charge in [0.1, 0.15) is 5.69 Å². The minimum atomic E-state index is -0.353. The number of piperidine rings is 1. The molecular formula is C22H33N3O3. The summed E-state index contributed by atoms with van der Waals surface area (Å²) in [5.41, 5.74) is 2.72. The highest BCUT2D eigenvalue weighted by atomic mass is 16.5. The number of nitrogens with one attached hydrogen (secondary N) is 1. The first-order valence-electron chi connectivity index (χ1n) is 10.8. The van der Waals surface area contributed by atoms with Crippen molar-refractivity contribution in [3.05, 3.63) is 22.5 Å². The molecule has 0 bridgehead atoms. The predicted molar refractivity (Wildman–Crippen MR) is 108 cm³/mol. The van der Waals surface area contributed by atoms with E-state index in [9.17, 15) is 9.59 Å². The molecule has 1 atom stereocenters. The number of H-pyrrole nitrogens is 1. The van der Waals surface area contributed by atoms with Gasteiger partial charge in [-0.05, 0) is 70.9 Å². The van der Waals surface area contributed by atoms with Crippen LogP contribution in [0.5, 0.6) is 0 Å². The Morgan fingerprint density at radius 1 is 1.18 bits per heavy atom. The Bertz CT molecular complexity index is 767. The Hall–Kier alpha value is -1.82. The molecule has 3 aliphatic rings. The van der Waals surface area contributed by atoms with Crippen LogP contribution in [0.15, 0.2) is 0 Å². The van der Waals surface area contributed by atoms with Crippen LogP contribution >= 0.6 is 0 Å². The van der Waals surface area contributed by atoms with Crippen LogP contribution in [-0.4, -0.2) is 66.0 Å². The van der Waals surface area contributed by atoms with E-state index in [1.54, 1.807) is 6.92 Å². The van der Waals surface area contributed by atoms with Crippen molar-refractivity contribution in [2.24, 2.45) is 11.3 Å². The predicted octanol–water partition coefficient (Wildman–Crippen LogP) is 3.15. The summed E-state index contributed by atoms with van der Waals surface area (Å²) >= 11 is 0. The van der Waals surface area contributed by atoms with Gasteiger partial charge >= 0.3 is 5.97 Å². The summed E-state index contributed by atoms with van der Waals surface area (Å²) in [4.78, 5) is 33.3. The maximum Gasteiger partial charge on any atom is 0.340 e. The largest absolute Gasteiger partial charge is 0.462 e.